The van der Waals surface area contributed by atoms with Gasteiger partial charge in [-0.1, -0.05) is 0 Å². The topological polar surface area (TPSA) is 41.6 Å². The number of aromatic nitrogens is 3. The summed E-state index contributed by atoms with van der Waals surface area (Å²) >= 11 is 0. The van der Waals surface area contributed by atoms with E-state index in [1.165, 1.54) is 12.4 Å². The van der Waals surface area contributed by atoms with Crippen LogP contribution in [0.3, 0.4) is 0 Å². The monoisotopic (exact) mass is 163 g/mol. The Morgan fingerprint density at radius 2 is 2.00 bits per heavy atom. The Hall–Kier alpha value is -1.71. The number of rotatable bonds is 1. The standard InChI is InChI=1S/C8H6FN3/c9-8-11-4-6(5-12-8)7-2-1-3-10-7/h1-5,10H. The van der Waals surface area contributed by atoms with E-state index < -0.39 is 6.08 Å². The van der Waals surface area contributed by atoms with Gasteiger partial charge in [0, 0.05) is 29.8 Å². The second-order valence-electron chi connectivity index (χ2n) is 2.32. The van der Waals surface area contributed by atoms with Gasteiger partial charge in [-0.25, -0.2) is 9.97 Å². The van der Waals surface area contributed by atoms with Gasteiger partial charge in [-0.15, -0.1) is 0 Å². The Balaban J connectivity index is 2.43. The van der Waals surface area contributed by atoms with E-state index >= 15 is 0 Å². The van der Waals surface area contributed by atoms with E-state index in [0.717, 1.165) is 11.3 Å². The van der Waals surface area contributed by atoms with Crippen LogP contribution < -0.4 is 0 Å². The van der Waals surface area contributed by atoms with Crippen molar-refractivity contribution in [3.63, 3.8) is 0 Å². The van der Waals surface area contributed by atoms with Crippen LogP contribution in [-0.4, -0.2) is 15.0 Å². The molecule has 0 bridgehead atoms. The average Bonchev–Trinajstić information content (AvgIpc) is 2.58. The largest absolute Gasteiger partial charge is 0.361 e. The molecule has 0 aliphatic carbocycles. The lowest BCUT2D eigenvalue weighted by atomic mass is 10.2. The number of halogens is 1. The Morgan fingerprint density at radius 1 is 1.25 bits per heavy atom. The average molecular weight is 163 g/mol. The maximum absolute atomic E-state index is 12.3. The number of hydrogen-bond donors (Lipinski definition) is 1. The van der Waals surface area contributed by atoms with Crippen molar-refractivity contribution < 1.29 is 4.39 Å². The molecular weight excluding hydrogens is 157 g/mol. The van der Waals surface area contributed by atoms with E-state index in [0.29, 0.717) is 0 Å². The minimum absolute atomic E-state index is 0.703. The van der Waals surface area contributed by atoms with E-state index in [-0.39, 0.29) is 0 Å². The molecule has 0 unspecified atom stereocenters. The predicted molar refractivity (Wildman–Crippen MR) is 41.8 cm³/mol. The van der Waals surface area contributed by atoms with Gasteiger partial charge in [0.05, 0.1) is 0 Å². The van der Waals surface area contributed by atoms with Crippen molar-refractivity contribution in [3.8, 4) is 11.3 Å². The molecule has 4 heteroatoms. The number of nitrogens with zero attached hydrogens (tertiary/aromatic N) is 2. The lowest BCUT2D eigenvalue weighted by Crippen LogP contribution is -1.88. The predicted octanol–water partition coefficient (Wildman–Crippen LogP) is 1.61. The Bertz CT molecular complexity index is 352. The molecule has 0 fully saturated rings. The third kappa shape index (κ3) is 1.18. The molecule has 0 aliphatic rings. The van der Waals surface area contributed by atoms with Crippen molar-refractivity contribution in [2.24, 2.45) is 0 Å². The highest BCUT2D eigenvalue weighted by atomic mass is 19.1. The van der Waals surface area contributed by atoms with E-state index in [2.05, 4.69) is 15.0 Å². The fraction of sp³-hybridized carbons (Fsp3) is 0. The molecule has 0 aliphatic heterocycles. The first-order chi connectivity index (χ1) is 5.86. The van der Waals surface area contributed by atoms with Crippen molar-refractivity contribution in [1.82, 2.24) is 15.0 Å². The molecule has 3 nitrogen and oxygen atoms in total. The molecule has 0 amide bonds. The molecule has 2 aromatic rings. The molecule has 60 valence electrons. The van der Waals surface area contributed by atoms with Crippen LogP contribution in [0.15, 0.2) is 30.7 Å². The molecule has 0 atom stereocenters. The molecule has 0 saturated heterocycles. The third-order valence-electron chi connectivity index (χ3n) is 1.53. The van der Waals surface area contributed by atoms with Crippen LogP contribution in [-0.2, 0) is 0 Å². The molecule has 1 N–H and O–H groups in total. The van der Waals surface area contributed by atoms with Gasteiger partial charge in [-0.05, 0) is 12.1 Å². The fourth-order valence-corrected chi connectivity index (χ4v) is 0.961. The zero-order chi connectivity index (χ0) is 8.39. The van der Waals surface area contributed by atoms with Gasteiger partial charge < -0.3 is 4.98 Å². The van der Waals surface area contributed by atoms with Crippen LogP contribution in [0.25, 0.3) is 11.3 Å². The fourth-order valence-electron chi connectivity index (χ4n) is 0.961. The number of H-pyrrole nitrogens is 1. The summed E-state index contributed by atoms with van der Waals surface area (Å²) in [5, 5.41) is 0. The summed E-state index contributed by atoms with van der Waals surface area (Å²) in [6.45, 7) is 0. The van der Waals surface area contributed by atoms with Gasteiger partial charge in [-0.3, -0.25) is 0 Å². The lowest BCUT2D eigenvalue weighted by Gasteiger charge is -1.94. The zero-order valence-corrected chi connectivity index (χ0v) is 6.16. The first kappa shape index (κ1) is 6.97. The minimum Gasteiger partial charge on any atom is -0.361 e. The van der Waals surface area contributed by atoms with Crippen molar-refractivity contribution in [2.75, 3.05) is 0 Å². The van der Waals surface area contributed by atoms with Gasteiger partial charge in [-0.2, -0.15) is 4.39 Å². The van der Waals surface area contributed by atoms with Crippen molar-refractivity contribution in [3.05, 3.63) is 36.8 Å². The highest BCUT2D eigenvalue weighted by Gasteiger charge is 1.98. The number of nitrogens with one attached hydrogen (secondary N) is 1. The van der Waals surface area contributed by atoms with Crippen molar-refractivity contribution in [1.29, 1.82) is 0 Å². The molecule has 0 radical (unpaired) electrons. The molecular formula is C8H6FN3. The van der Waals surface area contributed by atoms with E-state index in [9.17, 15) is 4.39 Å². The van der Waals surface area contributed by atoms with Gasteiger partial charge in [0.15, 0.2) is 0 Å². The van der Waals surface area contributed by atoms with Crippen LogP contribution >= 0.6 is 0 Å². The van der Waals surface area contributed by atoms with Crippen LogP contribution in [0.1, 0.15) is 0 Å². The molecule has 0 spiro atoms. The van der Waals surface area contributed by atoms with Crippen LogP contribution in [0.5, 0.6) is 0 Å². The molecule has 0 saturated carbocycles. The number of aromatic amines is 1. The van der Waals surface area contributed by atoms with Gasteiger partial charge in [0.1, 0.15) is 0 Å². The van der Waals surface area contributed by atoms with Gasteiger partial charge in [0.25, 0.3) is 0 Å². The maximum atomic E-state index is 12.3. The summed E-state index contributed by atoms with van der Waals surface area (Å²) in [6.07, 6.45) is 3.96. The first-order valence-corrected chi connectivity index (χ1v) is 3.47. The molecule has 2 heterocycles. The summed E-state index contributed by atoms with van der Waals surface area (Å²) in [7, 11) is 0. The molecule has 2 aromatic heterocycles. The van der Waals surface area contributed by atoms with E-state index in [1.54, 1.807) is 6.20 Å². The second-order valence-corrected chi connectivity index (χ2v) is 2.32. The van der Waals surface area contributed by atoms with Crippen molar-refractivity contribution in [2.45, 2.75) is 0 Å². The molecule has 2 rings (SSSR count). The minimum atomic E-state index is -0.703. The normalized spacial score (nSPS) is 10.1. The van der Waals surface area contributed by atoms with Gasteiger partial charge >= 0.3 is 6.08 Å². The second kappa shape index (κ2) is 2.73. The summed E-state index contributed by atoms with van der Waals surface area (Å²) in [5.41, 5.74) is 1.66. The van der Waals surface area contributed by atoms with E-state index in [4.69, 9.17) is 0 Å². The zero-order valence-electron chi connectivity index (χ0n) is 6.16. The van der Waals surface area contributed by atoms with Crippen LogP contribution in [0.4, 0.5) is 4.39 Å². The first-order valence-electron chi connectivity index (χ1n) is 3.47. The Labute approximate surface area is 68.3 Å². The Morgan fingerprint density at radius 3 is 2.58 bits per heavy atom. The van der Waals surface area contributed by atoms with Gasteiger partial charge in [0.2, 0.25) is 0 Å². The number of hydrogen-bond acceptors (Lipinski definition) is 2. The summed E-state index contributed by atoms with van der Waals surface area (Å²) in [5.74, 6) is 0. The third-order valence-corrected chi connectivity index (χ3v) is 1.53. The maximum Gasteiger partial charge on any atom is 0.308 e. The van der Waals surface area contributed by atoms with E-state index in [1.807, 2.05) is 12.1 Å². The molecule has 12 heavy (non-hydrogen) atoms. The Kier molecular flexibility index (Phi) is 1.59. The lowest BCUT2D eigenvalue weighted by molar-refractivity contribution is 0.539. The van der Waals surface area contributed by atoms with Crippen LogP contribution in [0, 0.1) is 6.08 Å². The summed E-state index contributed by atoms with van der Waals surface area (Å²) < 4.78 is 12.3. The van der Waals surface area contributed by atoms with Crippen molar-refractivity contribution >= 4 is 0 Å². The summed E-state index contributed by atoms with van der Waals surface area (Å²) in [4.78, 5) is 9.85. The highest BCUT2D eigenvalue weighted by Crippen LogP contribution is 2.13. The smallest absolute Gasteiger partial charge is 0.308 e. The summed E-state index contributed by atoms with van der Waals surface area (Å²) in [6, 6.07) is 3.73. The quantitative estimate of drug-likeness (QED) is 0.649. The van der Waals surface area contributed by atoms with Crippen LogP contribution in [0.2, 0.25) is 0 Å². The SMILES string of the molecule is Fc1ncc(-c2ccc[nH]2)cn1. The molecule has 0 aromatic carbocycles. The highest BCUT2D eigenvalue weighted by molar-refractivity contribution is 5.56.